The molecule has 0 saturated carbocycles. The number of rotatable bonds is 9. The number of hydrogen-bond donors (Lipinski definition) is 2. The summed E-state index contributed by atoms with van der Waals surface area (Å²) in [4.78, 5) is 0. The number of hydrogen-bond acceptors (Lipinski definition) is 3. The van der Waals surface area contributed by atoms with Crippen molar-refractivity contribution in [3.63, 3.8) is 0 Å². The highest BCUT2D eigenvalue weighted by Crippen LogP contribution is 2.03. The van der Waals surface area contributed by atoms with Crippen LogP contribution in [-0.2, 0) is 10.2 Å². The predicted molar refractivity (Wildman–Crippen MR) is 67.3 cm³/mol. The van der Waals surface area contributed by atoms with Gasteiger partial charge in [0.1, 0.15) is 0 Å². The average Bonchev–Trinajstić information content (AvgIpc) is 2.20. The highest BCUT2D eigenvalue weighted by Gasteiger charge is 2.15. The van der Waals surface area contributed by atoms with Crippen LogP contribution < -0.4 is 10.5 Å². The summed E-state index contributed by atoms with van der Waals surface area (Å²) in [5.74, 6) is 0.611. The Bertz CT molecular complexity index is 265. The Labute approximate surface area is 99.6 Å². The van der Waals surface area contributed by atoms with Crippen molar-refractivity contribution in [3.8, 4) is 0 Å². The van der Waals surface area contributed by atoms with Crippen LogP contribution in [0.1, 0.15) is 33.1 Å². The van der Waals surface area contributed by atoms with Gasteiger partial charge in [0.15, 0.2) is 0 Å². The van der Waals surface area contributed by atoms with Gasteiger partial charge in [-0.1, -0.05) is 13.8 Å². The van der Waals surface area contributed by atoms with Crippen LogP contribution in [0.2, 0.25) is 0 Å². The molecule has 3 N–H and O–H groups in total. The maximum atomic E-state index is 11.7. The van der Waals surface area contributed by atoms with Crippen molar-refractivity contribution in [3.05, 3.63) is 0 Å². The van der Waals surface area contributed by atoms with E-state index in [1.807, 2.05) is 0 Å². The van der Waals surface area contributed by atoms with E-state index in [9.17, 15) is 8.42 Å². The van der Waals surface area contributed by atoms with Gasteiger partial charge < -0.3 is 5.73 Å². The number of nitrogens with one attached hydrogen (secondary N) is 1. The van der Waals surface area contributed by atoms with Crippen LogP contribution >= 0.6 is 0 Å². The molecule has 0 aromatic rings. The minimum Gasteiger partial charge on any atom is -0.330 e. The van der Waals surface area contributed by atoms with Gasteiger partial charge in [0, 0.05) is 20.1 Å². The van der Waals surface area contributed by atoms with Gasteiger partial charge in [-0.3, -0.25) is 0 Å². The molecule has 98 valence electrons. The monoisotopic (exact) mass is 251 g/mol. The van der Waals surface area contributed by atoms with Gasteiger partial charge in [-0.05, 0) is 31.7 Å². The Morgan fingerprint density at radius 3 is 2.44 bits per heavy atom. The van der Waals surface area contributed by atoms with Crippen molar-refractivity contribution in [1.82, 2.24) is 9.03 Å². The highest BCUT2D eigenvalue weighted by molar-refractivity contribution is 7.87. The molecule has 0 aliphatic heterocycles. The molecule has 0 spiro atoms. The van der Waals surface area contributed by atoms with Crippen molar-refractivity contribution in [2.45, 2.75) is 33.1 Å². The topological polar surface area (TPSA) is 75.4 Å². The first-order valence-electron chi connectivity index (χ1n) is 5.81. The van der Waals surface area contributed by atoms with E-state index < -0.39 is 10.2 Å². The SMILES string of the molecule is CC(C)CCCNS(=O)(=O)N(C)CCCN. The second-order valence-electron chi connectivity index (χ2n) is 4.40. The summed E-state index contributed by atoms with van der Waals surface area (Å²) in [6, 6.07) is 0. The van der Waals surface area contributed by atoms with Crippen molar-refractivity contribution >= 4 is 10.2 Å². The summed E-state index contributed by atoms with van der Waals surface area (Å²) in [5.41, 5.74) is 5.33. The van der Waals surface area contributed by atoms with Gasteiger partial charge >= 0.3 is 0 Å². The molecule has 0 aromatic heterocycles. The van der Waals surface area contributed by atoms with E-state index in [1.165, 1.54) is 4.31 Å². The maximum Gasteiger partial charge on any atom is 0.279 e. The molecule has 0 bridgehead atoms. The zero-order valence-corrected chi connectivity index (χ0v) is 11.4. The largest absolute Gasteiger partial charge is 0.330 e. The van der Waals surface area contributed by atoms with Crippen LogP contribution in [0.5, 0.6) is 0 Å². The van der Waals surface area contributed by atoms with Crippen molar-refractivity contribution < 1.29 is 8.42 Å². The third kappa shape index (κ3) is 7.16. The second-order valence-corrected chi connectivity index (χ2v) is 6.26. The minimum atomic E-state index is -3.30. The van der Waals surface area contributed by atoms with E-state index in [-0.39, 0.29) is 0 Å². The smallest absolute Gasteiger partial charge is 0.279 e. The van der Waals surface area contributed by atoms with E-state index in [2.05, 4.69) is 18.6 Å². The first kappa shape index (κ1) is 15.8. The lowest BCUT2D eigenvalue weighted by atomic mass is 10.1. The Morgan fingerprint density at radius 2 is 1.94 bits per heavy atom. The van der Waals surface area contributed by atoms with E-state index in [0.717, 1.165) is 12.8 Å². The van der Waals surface area contributed by atoms with E-state index in [4.69, 9.17) is 5.73 Å². The van der Waals surface area contributed by atoms with E-state index in [0.29, 0.717) is 32.0 Å². The molecule has 0 heterocycles. The van der Waals surface area contributed by atoms with E-state index >= 15 is 0 Å². The summed E-state index contributed by atoms with van der Waals surface area (Å²) in [5, 5.41) is 0. The molecule has 16 heavy (non-hydrogen) atoms. The summed E-state index contributed by atoms with van der Waals surface area (Å²) in [6.45, 7) is 5.74. The third-order valence-corrected chi connectivity index (χ3v) is 3.90. The zero-order chi connectivity index (χ0) is 12.6. The predicted octanol–water partition coefficient (Wildman–Crippen LogP) is 0.538. The van der Waals surface area contributed by atoms with Crippen molar-refractivity contribution in [2.24, 2.45) is 11.7 Å². The first-order chi connectivity index (χ1) is 7.40. The standard InChI is InChI=1S/C10H25N3O2S/c1-10(2)6-4-8-12-16(14,15)13(3)9-5-7-11/h10,12H,4-9,11H2,1-3H3. The van der Waals surface area contributed by atoms with Crippen molar-refractivity contribution in [1.29, 1.82) is 0 Å². The lowest BCUT2D eigenvalue weighted by Gasteiger charge is -2.17. The Morgan fingerprint density at radius 1 is 1.31 bits per heavy atom. The van der Waals surface area contributed by atoms with E-state index in [1.54, 1.807) is 7.05 Å². The fourth-order valence-corrected chi connectivity index (χ4v) is 2.25. The van der Waals surface area contributed by atoms with Crippen LogP contribution in [0.25, 0.3) is 0 Å². The lowest BCUT2D eigenvalue weighted by molar-refractivity contribution is 0.449. The molecule has 5 nitrogen and oxygen atoms in total. The Balaban J connectivity index is 3.86. The van der Waals surface area contributed by atoms with Crippen LogP contribution in [0.15, 0.2) is 0 Å². The first-order valence-corrected chi connectivity index (χ1v) is 7.25. The second kappa shape index (κ2) is 8.00. The van der Waals surface area contributed by atoms with Crippen molar-refractivity contribution in [2.75, 3.05) is 26.7 Å². The summed E-state index contributed by atoms with van der Waals surface area (Å²) >= 11 is 0. The maximum absolute atomic E-state index is 11.7. The molecule has 6 heteroatoms. The molecular weight excluding hydrogens is 226 g/mol. The fraction of sp³-hybridized carbons (Fsp3) is 1.00. The van der Waals surface area contributed by atoms with Crippen LogP contribution in [0.4, 0.5) is 0 Å². The van der Waals surface area contributed by atoms with Gasteiger partial charge in [-0.15, -0.1) is 0 Å². The molecule has 0 radical (unpaired) electrons. The average molecular weight is 251 g/mol. The van der Waals surface area contributed by atoms with Gasteiger partial charge in [0.05, 0.1) is 0 Å². The summed E-state index contributed by atoms with van der Waals surface area (Å²) in [7, 11) is -1.73. The summed E-state index contributed by atoms with van der Waals surface area (Å²) in [6.07, 6.45) is 2.60. The molecule has 0 fully saturated rings. The van der Waals surface area contributed by atoms with Crippen LogP contribution in [-0.4, -0.2) is 39.4 Å². The number of nitrogens with zero attached hydrogens (tertiary/aromatic N) is 1. The molecule has 0 aliphatic carbocycles. The highest BCUT2D eigenvalue weighted by atomic mass is 32.2. The molecule has 0 unspecified atom stereocenters. The number of nitrogens with two attached hydrogens (primary N) is 1. The minimum absolute atomic E-state index is 0.468. The Hall–Kier alpha value is -0.170. The Kier molecular flexibility index (Phi) is 7.91. The lowest BCUT2D eigenvalue weighted by Crippen LogP contribution is -2.39. The third-order valence-electron chi connectivity index (χ3n) is 2.33. The molecule has 0 aromatic carbocycles. The van der Waals surface area contributed by atoms with Crippen LogP contribution in [0, 0.1) is 5.92 Å². The van der Waals surface area contributed by atoms with Crippen LogP contribution in [0.3, 0.4) is 0 Å². The van der Waals surface area contributed by atoms with Gasteiger partial charge in [-0.25, -0.2) is 4.72 Å². The van der Waals surface area contributed by atoms with Gasteiger partial charge in [0.25, 0.3) is 10.2 Å². The summed E-state index contributed by atoms with van der Waals surface area (Å²) < 4.78 is 27.2. The molecule has 0 atom stereocenters. The molecule has 0 rings (SSSR count). The molecule has 0 amide bonds. The van der Waals surface area contributed by atoms with Gasteiger partial charge in [-0.2, -0.15) is 12.7 Å². The van der Waals surface area contributed by atoms with Gasteiger partial charge in [0.2, 0.25) is 0 Å². The quantitative estimate of drug-likeness (QED) is 0.587. The molecule has 0 aliphatic rings. The molecular formula is C10H25N3O2S. The normalized spacial score (nSPS) is 12.6. The zero-order valence-electron chi connectivity index (χ0n) is 10.6. The molecule has 0 saturated heterocycles. The fourth-order valence-electron chi connectivity index (χ4n) is 1.26.